The third-order valence-electron chi connectivity index (χ3n) is 4.04. The van der Waals surface area contributed by atoms with Gasteiger partial charge in [0, 0.05) is 31.3 Å². The molecule has 3 rings (SSSR count). The third-order valence-corrected chi connectivity index (χ3v) is 4.33. The van der Waals surface area contributed by atoms with Crippen LogP contribution in [-0.2, 0) is 13.5 Å². The van der Waals surface area contributed by atoms with Gasteiger partial charge in [-0.05, 0) is 42.8 Å². The number of fused-ring (bicyclic) bond motifs is 1. The highest BCUT2D eigenvalue weighted by Gasteiger charge is 2.10. The van der Waals surface area contributed by atoms with Crippen molar-refractivity contribution in [3.05, 3.63) is 58.6 Å². The molecule has 0 aliphatic rings. The van der Waals surface area contributed by atoms with E-state index >= 15 is 0 Å². The summed E-state index contributed by atoms with van der Waals surface area (Å²) in [6.07, 6.45) is 1.45. The second-order valence-electron chi connectivity index (χ2n) is 5.82. The number of aromatic nitrogens is 2. The third kappa shape index (κ3) is 3.74. The molecule has 0 radical (unpaired) electrons. The topological polar surface area (TPSA) is 72.9 Å². The highest BCUT2D eigenvalue weighted by atomic mass is 35.5. The van der Waals surface area contributed by atoms with Crippen LogP contribution in [0, 0.1) is 5.82 Å². The van der Waals surface area contributed by atoms with E-state index in [0.717, 1.165) is 29.7 Å². The number of anilines is 1. The van der Waals surface area contributed by atoms with Crippen molar-refractivity contribution in [1.29, 1.82) is 0 Å². The summed E-state index contributed by atoms with van der Waals surface area (Å²) in [5, 5.41) is 2.74. The van der Waals surface area contributed by atoms with E-state index < -0.39 is 5.82 Å². The van der Waals surface area contributed by atoms with Crippen LogP contribution in [0.25, 0.3) is 11.0 Å². The first-order chi connectivity index (χ1) is 12.0. The van der Waals surface area contributed by atoms with Gasteiger partial charge in [-0.1, -0.05) is 11.6 Å². The molecule has 0 atom stereocenters. The first kappa shape index (κ1) is 17.2. The summed E-state index contributed by atoms with van der Waals surface area (Å²) in [6, 6.07) is 9.55. The van der Waals surface area contributed by atoms with Crippen molar-refractivity contribution in [2.45, 2.75) is 12.8 Å². The number of halogens is 2. The van der Waals surface area contributed by atoms with E-state index in [1.54, 1.807) is 0 Å². The molecule has 7 heteroatoms. The number of nitrogens with one attached hydrogen (secondary N) is 1. The summed E-state index contributed by atoms with van der Waals surface area (Å²) in [4.78, 5) is 16.6. The molecule has 5 nitrogen and oxygen atoms in total. The van der Waals surface area contributed by atoms with Crippen LogP contribution < -0.4 is 11.1 Å². The molecule has 1 amide bonds. The van der Waals surface area contributed by atoms with E-state index in [4.69, 9.17) is 17.3 Å². The number of nitrogen functional groups attached to an aromatic ring is 1. The predicted octanol–water partition coefficient (Wildman–Crippen LogP) is 3.31. The normalized spacial score (nSPS) is 11.0. The van der Waals surface area contributed by atoms with Gasteiger partial charge in [-0.2, -0.15) is 0 Å². The largest absolute Gasteiger partial charge is 0.399 e. The van der Waals surface area contributed by atoms with Crippen molar-refractivity contribution < 1.29 is 9.18 Å². The second-order valence-corrected chi connectivity index (χ2v) is 6.23. The fraction of sp³-hybridized carbons (Fsp3) is 0.222. The Morgan fingerprint density at radius 3 is 2.88 bits per heavy atom. The lowest BCUT2D eigenvalue weighted by molar-refractivity contribution is 0.0953. The van der Waals surface area contributed by atoms with Crippen molar-refractivity contribution in [3.63, 3.8) is 0 Å². The Labute approximate surface area is 149 Å². The number of aryl methyl sites for hydroxylation is 2. The smallest absolute Gasteiger partial charge is 0.251 e. The minimum Gasteiger partial charge on any atom is -0.399 e. The number of hydrogen-bond donors (Lipinski definition) is 2. The molecular weight excluding hydrogens is 343 g/mol. The molecule has 0 unspecified atom stereocenters. The minimum atomic E-state index is -0.541. The first-order valence-corrected chi connectivity index (χ1v) is 8.27. The molecule has 0 saturated carbocycles. The van der Waals surface area contributed by atoms with Gasteiger partial charge in [-0.15, -0.1) is 0 Å². The zero-order valence-corrected chi connectivity index (χ0v) is 14.5. The van der Waals surface area contributed by atoms with E-state index in [0.29, 0.717) is 17.8 Å². The second kappa shape index (κ2) is 7.11. The maximum absolute atomic E-state index is 13.1. The monoisotopic (exact) mass is 360 g/mol. The van der Waals surface area contributed by atoms with Crippen molar-refractivity contribution in [3.8, 4) is 0 Å². The lowest BCUT2D eigenvalue weighted by Gasteiger charge is -2.06. The fourth-order valence-corrected chi connectivity index (χ4v) is 2.86. The lowest BCUT2D eigenvalue weighted by Crippen LogP contribution is -2.25. The molecule has 0 aliphatic carbocycles. The first-order valence-electron chi connectivity index (χ1n) is 7.90. The average molecular weight is 361 g/mol. The number of carbonyl (C=O) groups is 1. The molecule has 0 aliphatic heterocycles. The van der Waals surface area contributed by atoms with Gasteiger partial charge in [0.05, 0.1) is 16.1 Å². The number of nitrogens with two attached hydrogens (primary N) is 1. The molecule has 1 aromatic heterocycles. The van der Waals surface area contributed by atoms with Crippen LogP contribution in [-0.4, -0.2) is 22.0 Å². The summed E-state index contributed by atoms with van der Waals surface area (Å²) >= 11 is 5.69. The molecular formula is C18H18ClFN4O. The number of carbonyl (C=O) groups excluding carboxylic acids is 1. The van der Waals surface area contributed by atoms with Crippen LogP contribution in [0.4, 0.5) is 10.1 Å². The molecule has 25 heavy (non-hydrogen) atoms. The maximum atomic E-state index is 13.1. The molecule has 0 bridgehead atoms. The predicted molar refractivity (Wildman–Crippen MR) is 97.2 cm³/mol. The van der Waals surface area contributed by atoms with E-state index in [2.05, 4.69) is 10.3 Å². The average Bonchev–Trinajstić information content (AvgIpc) is 2.89. The molecule has 0 spiro atoms. The van der Waals surface area contributed by atoms with Gasteiger partial charge in [0.25, 0.3) is 5.91 Å². The minimum absolute atomic E-state index is 0.0633. The maximum Gasteiger partial charge on any atom is 0.251 e. The van der Waals surface area contributed by atoms with E-state index in [1.807, 2.05) is 29.8 Å². The van der Waals surface area contributed by atoms with Crippen molar-refractivity contribution in [2.24, 2.45) is 7.05 Å². The van der Waals surface area contributed by atoms with Gasteiger partial charge in [0.15, 0.2) is 0 Å². The van der Waals surface area contributed by atoms with Crippen LogP contribution in [0.3, 0.4) is 0 Å². The summed E-state index contributed by atoms with van der Waals surface area (Å²) in [5.74, 6) is 0.111. The Morgan fingerprint density at radius 2 is 2.12 bits per heavy atom. The zero-order chi connectivity index (χ0) is 18.0. The Morgan fingerprint density at radius 1 is 1.32 bits per heavy atom. The van der Waals surface area contributed by atoms with Crippen LogP contribution in [0.1, 0.15) is 22.6 Å². The highest BCUT2D eigenvalue weighted by Crippen LogP contribution is 2.19. The zero-order valence-electron chi connectivity index (χ0n) is 13.7. The van der Waals surface area contributed by atoms with Crippen LogP contribution in [0.2, 0.25) is 5.02 Å². The molecule has 3 aromatic rings. The lowest BCUT2D eigenvalue weighted by atomic mass is 10.2. The van der Waals surface area contributed by atoms with Gasteiger partial charge in [-0.25, -0.2) is 9.37 Å². The molecule has 1 heterocycles. The molecule has 0 fully saturated rings. The van der Waals surface area contributed by atoms with Gasteiger partial charge in [0.1, 0.15) is 11.6 Å². The van der Waals surface area contributed by atoms with Gasteiger partial charge in [-0.3, -0.25) is 4.79 Å². The number of nitrogens with zero attached hydrogens (tertiary/aromatic N) is 2. The Balaban J connectivity index is 1.57. The van der Waals surface area contributed by atoms with Crippen LogP contribution >= 0.6 is 11.6 Å². The standard InChI is InChI=1S/C18H18ClFN4O/c1-24-16-7-5-12(21)10-15(16)23-17(24)3-2-8-22-18(25)11-4-6-14(20)13(19)9-11/h4-7,9-10H,2-3,8,21H2,1H3,(H,22,25). The Kier molecular flexibility index (Phi) is 4.90. The summed E-state index contributed by atoms with van der Waals surface area (Å²) in [6.45, 7) is 0.485. The van der Waals surface area contributed by atoms with Gasteiger partial charge < -0.3 is 15.6 Å². The fourth-order valence-electron chi connectivity index (χ4n) is 2.68. The Bertz CT molecular complexity index is 938. The van der Waals surface area contributed by atoms with Gasteiger partial charge >= 0.3 is 0 Å². The van der Waals surface area contributed by atoms with E-state index in [9.17, 15) is 9.18 Å². The molecule has 3 N–H and O–H groups in total. The summed E-state index contributed by atoms with van der Waals surface area (Å²) < 4.78 is 15.2. The summed E-state index contributed by atoms with van der Waals surface area (Å²) in [5.41, 5.74) is 8.69. The number of rotatable bonds is 5. The molecule has 0 saturated heterocycles. The van der Waals surface area contributed by atoms with Gasteiger partial charge in [0.2, 0.25) is 0 Å². The van der Waals surface area contributed by atoms with E-state index in [-0.39, 0.29) is 10.9 Å². The summed E-state index contributed by atoms with van der Waals surface area (Å²) in [7, 11) is 1.96. The van der Waals surface area contributed by atoms with Crippen LogP contribution in [0.15, 0.2) is 36.4 Å². The van der Waals surface area contributed by atoms with Crippen molar-refractivity contribution in [1.82, 2.24) is 14.9 Å². The van der Waals surface area contributed by atoms with E-state index in [1.165, 1.54) is 18.2 Å². The number of imidazole rings is 1. The Hall–Kier alpha value is -2.60. The van der Waals surface area contributed by atoms with Crippen molar-refractivity contribution >= 4 is 34.2 Å². The highest BCUT2D eigenvalue weighted by molar-refractivity contribution is 6.31. The SMILES string of the molecule is Cn1c(CCCNC(=O)c2ccc(F)c(Cl)c2)nc2cc(N)ccc21. The quantitative estimate of drug-likeness (QED) is 0.541. The number of hydrogen-bond acceptors (Lipinski definition) is 3. The molecule has 130 valence electrons. The van der Waals surface area contributed by atoms with Crippen LogP contribution in [0.5, 0.6) is 0 Å². The number of amides is 1. The molecule has 2 aromatic carbocycles. The van der Waals surface area contributed by atoms with Crippen molar-refractivity contribution in [2.75, 3.05) is 12.3 Å². The number of benzene rings is 2.